The Morgan fingerprint density at radius 2 is 1.94 bits per heavy atom. The summed E-state index contributed by atoms with van der Waals surface area (Å²) < 4.78 is 7.81. The molecule has 5 rings (SSSR count). The molecular weight excluding hydrogens is 420 g/mol. The van der Waals surface area contributed by atoms with E-state index in [9.17, 15) is 9.59 Å². The highest BCUT2D eigenvalue weighted by Gasteiger charge is 2.29. The Balaban J connectivity index is 1.29. The number of nitrogens with one attached hydrogen (secondary N) is 3. The number of fused-ring (bicyclic) bond motifs is 2. The van der Waals surface area contributed by atoms with Crippen LogP contribution < -0.4 is 32.1 Å². The lowest BCUT2D eigenvalue weighted by atomic mass is 9.85. The molecular formula is C24H32N6O3. The van der Waals surface area contributed by atoms with Crippen LogP contribution in [0.5, 0.6) is 11.5 Å². The smallest absolute Gasteiger partial charge is 0.350 e. The molecule has 0 radical (unpaired) electrons. The van der Waals surface area contributed by atoms with Crippen LogP contribution in [-0.4, -0.2) is 41.6 Å². The predicted molar refractivity (Wildman–Crippen MR) is 126 cm³/mol. The molecule has 5 N–H and O–H groups in total. The van der Waals surface area contributed by atoms with Crippen LogP contribution in [0.4, 0.5) is 11.5 Å². The topological polar surface area (TPSA) is 123 Å². The molecule has 3 aliphatic rings. The van der Waals surface area contributed by atoms with Crippen LogP contribution in [0.1, 0.15) is 56.0 Å². The predicted octanol–water partition coefficient (Wildman–Crippen LogP) is 2.37. The minimum atomic E-state index is -0.293. The number of hydrogen-bond donors (Lipinski definition) is 4. The highest BCUT2D eigenvalue weighted by atomic mass is 16.5. The van der Waals surface area contributed by atoms with E-state index in [0.29, 0.717) is 30.6 Å². The number of aromatic nitrogens is 2. The van der Waals surface area contributed by atoms with Crippen molar-refractivity contribution in [1.82, 2.24) is 20.2 Å². The molecule has 2 aliphatic heterocycles. The van der Waals surface area contributed by atoms with Gasteiger partial charge in [-0.2, -0.15) is 4.98 Å². The van der Waals surface area contributed by atoms with Crippen molar-refractivity contribution in [3.8, 4) is 11.5 Å². The van der Waals surface area contributed by atoms with Crippen LogP contribution in [-0.2, 0) is 4.79 Å². The summed E-state index contributed by atoms with van der Waals surface area (Å²) in [7, 11) is 0. The Hall–Kier alpha value is -2.91. The first-order chi connectivity index (χ1) is 16.1. The van der Waals surface area contributed by atoms with Gasteiger partial charge in [-0.1, -0.05) is 6.07 Å². The van der Waals surface area contributed by atoms with Crippen molar-refractivity contribution in [1.29, 1.82) is 0 Å². The molecule has 0 unspecified atom stereocenters. The number of carbonyl (C=O) groups is 1. The lowest BCUT2D eigenvalue weighted by molar-refractivity contribution is -0.126. The van der Waals surface area contributed by atoms with E-state index in [4.69, 9.17) is 10.5 Å². The first kappa shape index (κ1) is 21.9. The van der Waals surface area contributed by atoms with Crippen LogP contribution in [0, 0.1) is 5.92 Å². The van der Waals surface area contributed by atoms with Crippen molar-refractivity contribution < 1.29 is 9.53 Å². The van der Waals surface area contributed by atoms with E-state index in [1.54, 1.807) is 10.8 Å². The van der Waals surface area contributed by atoms with Crippen LogP contribution in [0.25, 0.3) is 0 Å². The highest BCUT2D eigenvalue weighted by Crippen LogP contribution is 2.43. The minimum absolute atomic E-state index is 0.0149. The second-order valence-electron chi connectivity index (χ2n) is 9.24. The van der Waals surface area contributed by atoms with Gasteiger partial charge in [-0.15, -0.1) is 0 Å². The van der Waals surface area contributed by atoms with Crippen molar-refractivity contribution in [3.63, 3.8) is 0 Å². The van der Waals surface area contributed by atoms with Crippen LogP contribution in [0.15, 0.2) is 29.2 Å². The summed E-state index contributed by atoms with van der Waals surface area (Å²) in [5.74, 6) is 2.33. The third kappa shape index (κ3) is 4.60. The first-order valence-corrected chi connectivity index (χ1v) is 12.0. The molecule has 33 heavy (non-hydrogen) atoms. The SMILES string of the molecule is NCCNC(=O)C1CCC(n2cc3c(nc2=O)Nc2cc(C4CCNCC4)ccc2O3)CC1. The second kappa shape index (κ2) is 9.52. The molecule has 3 heterocycles. The molecule has 9 nitrogen and oxygen atoms in total. The standard InChI is InChI=1S/C24H32N6O3/c25-9-12-27-23(31)16-1-4-18(5-2-16)30-14-21-22(29-24(30)32)28-19-13-17(3-6-20(19)33-21)15-7-10-26-11-8-15/h3,6,13-16,18,26H,1-2,4-5,7-12,25H2,(H,27,31)(H,28,29,32). The van der Waals surface area contributed by atoms with Gasteiger partial charge in [-0.25, -0.2) is 4.79 Å². The van der Waals surface area contributed by atoms with E-state index in [1.165, 1.54) is 5.56 Å². The monoisotopic (exact) mass is 452 g/mol. The summed E-state index contributed by atoms with van der Waals surface area (Å²) >= 11 is 0. The summed E-state index contributed by atoms with van der Waals surface area (Å²) in [6.07, 6.45) is 7.00. The highest BCUT2D eigenvalue weighted by molar-refractivity contribution is 5.78. The van der Waals surface area contributed by atoms with E-state index in [1.807, 2.05) is 6.07 Å². The fraction of sp³-hybridized carbons (Fsp3) is 0.542. The lowest BCUT2D eigenvalue weighted by Crippen LogP contribution is -2.37. The van der Waals surface area contributed by atoms with Gasteiger partial charge in [-0.3, -0.25) is 9.36 Å². The summed E-state index contributed by atoms with van der Waals surface area (Å²) in [4.78, 5) is 29.3. The van der Waals surface area contributed by atoms with Gasteiger partial charge < -0.3 is 26.4 Å². The summed E-state index contributed by atoms with van der Waals surface area (Å²) in [5.41, 5.74) is 7.32. The molecule has 1 aromatic carbocycles. The molecule has 1 saturated heterocycles. The quantitative estimate of drug-likeness (QED) is 0.469. The number of piperidine rings is 1. The Bertz CT molecular complexity index is 1070. The van der Waals surface area contributed by atoms with Crippen molar-refractivity contribution in [2.45, 2.75) is 50.5 Å². The fourth-order valence-corrected chi connectivity index (χ4v) is 5.22. The number of amides is 1. The van der Waals surface area contributed by atoms with Gasteiger partial charge >= 0.3 is 5.69 Å². The number of benzene rings is 1. The van der Waals surface area contributed by atoms with Crippen molar-refractivity contribution in [2.75, 3.05) is 31.5 Å². The zero-order valence-corrected chi connectivity index (χ0v) is 18.8. The molecule has 1 aliphatic carbocycles. The van der Waals surface area contributed by atoms with E-state index in [2.05, 4.69) is 33.1 Å². The maximum atomic E-state index is 12.8. The third-order valence-corrected chi connectivity index (χ3v) is 7.11. The second-order valence-corrected chi connectivity index (χ2v) is 9.24. The molecule has 2 fully saturated rings. The third-order valence-electron chi connectivity index (χ3n) is 7.11. The first-order valence-electron chi connectivity index (χ1n) is 12.0. The fourth-order valence-electron chi connectivity index (χ4n) is 5.22. The zero-order valence-electron chi connectivity index (χ0n) is 18.8. The maximum absolute atomic E-state index is 12.8. The molecule has 9 heteroatoms. The number of nitrogens with two attached hydrogens (primary N) is 1. The molecule has 1 saturated carbocycles. The number of ether oxygens (including phenoxy) is 1. The minimum Gasteiger partial charge on any atom is -0.450 e. The van der Waals surface area contributed by atoms with E-state index < -0.39 is 0 Å². The molecule has 0 atom stereocenters. The van der Waals surface area contributed by atoms with Gasteiger partial charge in [0.25, 0.3) is 0 Å². The molecule has 1 aromatic heterocycles. The van der Waals surface area contributed by atoms with Crippen LogP contribution >= 0.6 is 0 Å². The Kier molecular flexibility index (Phi) is 6.32. The van der Waals surface area contributed by atoms with Gasteiger partial charge in [0, 0.05) is 25.0 Å². The van der Waals surface area contributed by atoms with Gasteiger partial charge in [0.15, 0.2) is 17.3 Å². The average Bonchev–Trinajstić information content (AvgIpc) is 2.86. The zero-order chi connectivity index (χ0) is 22.8. The van der Waals surface area contributed by atoms with E-state index >= 15 is 0 Å². The van der Waals surface area contributed by atoms with Gasteiger partial charge in [0.1, 0.15) is 0 Å². The number of anilines is 2. The van der Waals surface area contributed by atoms with E-state index in [0.717, 1.165) is 63.1 Å². The van der Waals surface area contributed by atoms with Crippen molar-refractivity contribution >= 4 is 17.4 Å². The summed E-state index contributed by atoms with van der Waals surface area (Å²) in [5, 5.41) is 9.57. The molecule has 2 aromatic rings. The molecule has 0 bridgehead atoms. The van der Waals surface area contributed by atoms with Gasteiger partial charge in [0.05, 0.1) is 11.9 Å². The number of nitrogens with zero attached hydrogens (tertiary/aromatic N) is 2. The average molecular weight is 453 g/mol. The lowest BCUT2D eigenvalue weighted by Gasteiger charge is -2.30. The maximum Gasteiger partial charge on any atom is 0.350 e. The largest absolute Gasteiger partial charge is 0.450 e. The van der Waals surface area contributed by atoms with E-state index in [-0.39, 0.29) is 23.6 Å². The number of hydrogen-bond acceptors (Lipinski definition) is 7. The summed E-state index contributed by atoms with van der Waals surface area (Å²) in [6.45, 7) is 3.01. The molecule has 0 spiro atoms. The Morgan fingerprint density at radius 1 is 1.15 bits per heavy atom. The number of rotatable bonds is 5. The van der Waals surface area contributed by atoms with Gasteiger partial charge in [-0.05, 0) is 75.2 Å². The number of carbonyl (C=O) groups excluding carboxylic acids is 1. The van der Waals surface area contributed by atoms with Gasteiger partial charge in [0.2, 0.25) is 5.91 Å². The van der Waals surface area contributed by atoms with Crippen molar-refractivity contribution in [3.05, 3.63) is 40.4 Å². The summed E-state index contributed by atoms with van der Waals surface area (Å²) in [6, 6.07) is 6.28. The normalized spacial score (nSPS) is 22.5. The van der Waals surface area contributed by atoms with Crippen molar-refractivity contribution in [2.24, 2.45) is 11.7 Å². The Labute approximate surface area is 193 Å². The molecule has 1 amide bonds. The Morgan fingerprint density at radius 3 is 2.70 bits per heavy atom. The van der Waals surface area contributed by atoms with Crippen LogP contribution in [0.3, 0.4) is 0 Å². The van der Waals surface area contributed by atoms with Crippen LogP contribution in [0.2, 0.25) is 0 Å². The molecule has 176 valence electrons.